The highest BCUT2D eigenvalue weighted by atomic mass is 35.5. The monoisotopic (exact) mass is 294 g/mol. The second-order valence-corrected chi connectivity index (χ2v) is 5.14. The molecule has 0 spiro atoms. The largest absolute Gasteiger partial charge is 0.338 e. The predicted molar refractivity (Wildman–Crippen MR) is 76.2 cm³/mol. The van der Waals surface area contributed by atoms with Crippen LogP contribution in [-0.2, 0) is 0 Å². The van der Waals surface area contributed by atoms with E-state index >= 15 is 0 Å². The first-order chi connectivity index (χ1) is 9.04. The number of fused-ring (bicyclic) bond motifs is 1. The van der Waals surface area contributed by atoms with Crippen LogP contribution >= 0.6 is 23.2 Å². The van der Waals surface area contributed by atoms with Crippen molar-refractivity contribution in [1.29, 1.82) is 0 Å². The van der Waals surface area contributed by atoms with Gasteiger partial charge in [0.15, 0.2) is 0 Å². The topological polar surface area (TPSA) is 28.7 Å². The minimum absolute atomic E-state index is 0.261. The van der Waals surface area contributed by atoms with E-state index in [4.69, 9.17) is 23.2 Å². The maximum Gasteiger partial charge on any atom is 0.138 e. The molecule has 0 unspecified atom stereocenters. The number of nitrogens with one attached hydrogen (secondary N) is 1. The first-order valence-electron chi connectivity index (χ1n) is 5.66. The molecule has 0 bridgehead atoms. The maximum absolute atomic E-state index is 13.1. The molecule has 0 saturated carbocycles. The van der Waals surface area contributed by atoms with Crippen LogP contribution in [0.25, 0.3) is 22.4 Å². The molecule has 0 fully saturated rings. The molecule has 1 N–H and O–H groups in total. The molecule has 96 valence electrons. The summed E-state index contributed by atoms with van der Waals surface area (Å²) < 4.78 is 13.1. The molecule has 3 aromatic rings. The summed E-state index contributed by atoms with van der Waals surface area (Å²) in [6.07, 6.45) is 0. The van der Waals surface area contributed by atoms with Gasteiger partial charge in [0.2, 0.25) is 0 Å². The zero-order valence-electron chi connectivity index (χ0n) is 9.97. The molecule has 1 aromatic heterocycles. The molecule has 1 heterocycles. The summed E-state index contributed by atoms with van der Waals surface area (Å²) in [7, 11) is 0. The zero-order chi connectivity index (χ0) is 13.6. The van der Waals surface area contributed by atoms with Crippen LogP contribution in [0.1, 0.15) is 5.56 Å². The van der Waals surface area contributed by atoms with E-state index in [9.17, 15) is 4.39 Å². The van der Waals surface area contributed by atoms with Crippen LogP contribution in [0.15, 0.2) is 30.3 Å². The molecule has 0 amide bonds. The van der Waals surface area contributed by atoms with Gasteiger partial charge in [-0.3, -0.25) is 0 Å². The lowest BCUT2D eigenvalue weighted by Crippen LogP contribution is -1.86. The molecular formula is C14H9Cl2FN2. The van der Waals surface area contributed by atoms with Crippen molar-refractivity contribution in [2.45, 2.75) is 6.92 Å². The normalized spacial score (nSPS) is 11.2. The average Bonchev–Trinajstić information content (AvgIpc) is 2.72. The van der Waals surface area contributed by atoms with Crippen molar-refractivity contribution in [3.63, 3.8) is 0 Å². The van der Waals surface area contributed by atoms with Gasteiger partial charge in [-0.2, -0.15) is 0 Å². The Morgan fingerprint density at radius 3 is 2.58 bits per heavy atom. The highest BCUT2D eigenvalue weighted by Crippen LogP contribution is 2.29. The second kappa shape index (κ2) is 4.51. The van der Waals surface area contributed by atoms with Gasteiger partial charge in [-0.25, -0.2) is 9.37 Å². The molecule has 0 aliphatic heterocycles. The van der Waals surface area contributed by atoms with E-state index in [1.54, 1.807) is 18.2 Å². The molecule has 2 nitrogen and oxygen atoms in total. The minimum Gasteiger partial charge on any atom is -0.338 e. The number of aromatic nitrogens is 2. The van der Waals surface area contributed by atoms with E-state index < -0.39 is 0 Å². The van der Waals surface area contributed by atoms with Gasteiger partial charge in [-0.05, 0) is 42.8 Å². The van der Waals surface area contributed by atoms with Gasteiger partial charge in [0.1, 0.15) is 11.6 Å². The Morgan fingerprint density at radius 2 is 1.84 bits per heavy atom. The highest BCUT2D eigenvalue weighted by Gasteiger charge is 2.10. The molecule has 19 heavy (non-hydrogen) atoms. The Hall–Kier alpha value is -1.58. The number of imidazole rings is 1. The lowest BCUT2D eigenvalue weighted by atomic mass is 10.1. The van der Waals surface area contributed by atoms with Crippen LogP contribution in [0.2, 0.25) is 10.0 Å². The van der Waals surface area contributed by atoms with Crippen molar-refractivity contribution in [3.05, 3.63) is 51.8 Å². The van der Waals surface area contributed by atoms with E-state index in [-0.39, 0.29) is 5.82 Å². The highest BCUT2D eigenvalue weighted by molar-refractivity contribution is 6.42. The third-order valence-corrected chi connectivity index (χ3v) is 3.69. The van der Waals surface area contributed by atoms with Gasteiger partial charge >= 0.3 is 0 Å². The molecule has 0 radical (unpaired) electrons. The zero-order valence-corrected chi connectivity index (χ0v) is 11.5. The predicted octanol–water partition coefficient (Wildman–Crippen LogP) is 4.98. The molecule has 0 atom stereocenters. The number of rotatable bonds is 1. The van der Waals surface area contributed by atoms with Crippen molar-refractivity contribution in [2.24, 2.45) is 0 Å². The van der Waals surface area contributed by atoms with E-state index in [0.717, 1.165) is 22.2 Å². The molecule has 0 saturated heterocycles. The van der Waals surface area contributed by atoms with Crippen molar-refractivity contribution in [2.75, 3.05) is 0 Å². The molecule has 0 aliphatic carbocycles. The summed E-state index contributed by atoms with van der Waals surface area (Å²) in [5, 5.41) is 0.934. The van der Waals surface area contributed by atoms with Gasteiger partial charge in [0.05, 0.1) is 21.1 Å². The van der Waals surface area contributed by atoms with E-state index in [0.29, 0.717) is 15.9 Å². The number of hydrogen-bond donors (Lipinski definition) is 1. The second-order valence-electron chi connectivity index (χ2n) is 4.33. The Balaban J connectivity index is 2.20. The average molecular weight is 295 g/mol. The van der Waals surface area contributed by atoms with Crippen LogP contribution in [0.3, 0.4) is 0 Å². The third kappa shape index (κ3) is 2.20. The van der Waals surface area contributed by atoms with Crippen LogP contribution in [0, 0.1) is 12.7 Å². The lowest BCUT2D eigenvalue weighted by Gasteiger charge is -2.01. The van der Waals surface area contributed by atoms with Crippen LogP contribution in [0.5, 0.6) is 0 Å². The van der Waals surface area contributed by atoms with Crippen LogP contribution < -0.4 is 0 Å². The fourth-order valence-electron chi connectivity index (χ4n) is 2.03. The fourth-order valence-corrected chi connectivity index (χ4v) is 2.35. The van der Waals surface area contributed by atoms with Gasteiger partial charge in [0.25, 0.3) is 0 Å². The quantitative estimate of drug-likeness (QED) is 0.673. The first-order valence-corrected chi connectivity index (χ1v) is 6.41. The smallest absolute Gasteiger partial charge is 0.138 e. The van der Waals surface area contributed by atoms with E-state index in [2.05, 4.69) is 9.97 Å². The number of hydrogen-bond acceptors (Lipinski definition) is 1. The number of halogens is 3. The van der Waals surface area contributed by atoms with E-state index in [1.165, 1.54) is 12.1 Å². The number of aryl methyl sites for hydroxylation is 1. The maximum atomic E-state index is 13.1. The summed E-state index contributed by atoms with van der Waals surface area (Å²) in [5.74, 6) is 0.411. The SMILES string of the molecule is Cc1cc(F)ccc1-c1nc2cc(Cl)c(Cl)cc2[nH]1. The Kier molecular flexibility index (Phi) is 2.96. The van der Waals surface area contributed by atoms with E-state index in [1.807, 2.05) is 6.92 Å². The van der Waals surface area contributed by atoms with Crippen molar-refractivity contribution >= 4 is 34.2 Å². The summed E-state index contributed by atoms with van der Waals surface area (Å²) in [5.41, 5.74) is 3.20. The number of H-pyrrole nitrogens is 1. The first kappa shape index (κ1) is 12.5. The molecule has 3 rings (SSSR count). The number of nitrogens with zero attached hydrogens (tertiary/aromatic N) is 1. The van der Waals surface area contributed by atoms with Crippen LogP contribution in [-0.4, -0.2) is 9.97 Å². The molecule has 5 heteroatoms. The Labute approximate surface area is 119 Å². The molecule has 2 aromatic carbocycles. The van der Waals surface area contributed by atoms with Gasteiger partial charge in [-0.1, -0.05) is 23.2 Å². The summed E-state index contributed by atoms with van der Waals surface area (Å²) in [6, 6.07) is 8.02. The molecular weight excluding hydrogens is 286 g/mol. The van der Waals surface area contributed by atoms with Gasteiger partial charge in [-0.15, -0.1) is 0 Å². The molecule has 0 aliphatic rings. The van der Waals surface area contributed by atoms with Crippen molar-refractivity contribution in [3.8, 4) is 11.4 Å². The fraction of sp³-hybridized carbons (Fsp3) is 0.0714. The lowest BCUT2D eigenvalue weighted by molar-refractivity contribution is 0.627. The van der Waals surface area contributed by atoms with Crippen molar-refractivity contribution in [1.82, 2.24) is 9.97 Å². The Bertz CT molecular complexity index is 741. The minimum atomic E-state index is -0.261. The Morgan fingerprint density at radius 1 is 1.11 bits per heavy atom. The standard InChI is InChI=1S/C14H9Cl2FN2/c1-7-4-8(17)2-3-9(7)14-18-12-5-10(15)11(16)6-13(12)19-14/h2-6H,1H3,(H,18,19). The van der Waals surface area contributed by atoms with Gasteiger partial charge in [0, 0.05) is 5.56 Å². The summed E-state index contributed by atoms with van der Waals surface area (Å²) in [4.78, 5) is 7.62. The summed E-state index contributed by atoms with van der Waals surface area (Å²) >= 11 is 11.9. The van der Waals surface area contributed by atoms with Crippen LogP contribution in [0.4, 0.5) is 4.39 Å². The van der Waals surface area contributed by atoms with Gasteiger partial charge < -0.3 is 4.98 Å². The number of aromatic amines is 1. The third-order valence-electron chi connectivity index (χ3n) is 2.97. The summed E-state index contributed by atoms with van der Waals surface area (Å²) in [6.45, 7) is 1.84. The van der Waals surface area contributed by atoms with Crippen molar-refractivity contribution < 1.29 is 4.39 Å². The number of benzene rings is 2.